The van der Waals surface area contributed by atoms with Crippen LogP contribution in [-0.4, -0.2) is 24.1 Å². The molecule has 1 N–H and O–H groups in total. The Morgan fingerprint density at radius 1 is 1.30 bits per heavy atom. The van der Waals surface area contributed by atoms with Gasteiger partial charge in [-0.15, -0.1) is 0 Å². The van der Waals surface area contributed by atoms with Gasteiger partial charge in [0.1, 0.15) is 6.07 Å². The molecule has 6 heteroatoms. The number of aromatic nitrogens is 1. The number of hydrogen-bond donors (Lipinski definition) is 1. The molecule has 0 amide bonds. The van der Waals surface area contributed by atoms with Crippen LogP contribution in [0.4, 0.5) is 5.69 Å². The fourth-order valence-corrected chi connectivity index (χ4v) is 3.22. The van der Waals surface area contributed by atoms with Gasteiger partial charge in [-0.25, -0.2) is 0 Å². The zero-order valence-corrected chi connectivity index (χ0v) is 14.0. The Morgan fingerprint density at radius 2 is 2.17 bits per heavy atom. The number of anilines is 1. The lowest BCUT2D eigenvalue weighted by atomic mass is 10.2. The highest BCUT2D eigenvalue weighted by atomic mass is 35.5. The molecule has 0 radical (unpaired) electrons. The van der Waals surface area contributed by atoms with E-state index in [-0.39, 0.29) is 0 Å². The lowest BCUT2D eigenvalue weighted by molar-refractivity contribution is 0.551. The molecule has 23 heavy (non-hydrogen) atoms. The number of rotatable bonds is 4. The molecule has 2 heterocycles. The molecule has 1 saturated heterocycles. The second-order valence-corrected chi connectivity index (χ2v) is 6.44. The van der Waals surface area contributed by atoms with Crippen LogP contribution >= 0.6 is 23.2 Å². The molecule has 4 nitrogen and oxygen atoms in total. The number of benzene rings is 1. The maximum Gasteiger partial charge on any atom is 0.101 e. The minimum atomic E-state index is 0.382. The van der Waals surface area contributed by atoms with Crippen molar-refractivity contribution in [3.8, 4) is 6.07 Å². The first-order chi connectivity index (χ1) is 11.2. The lowest BCUT2D eigenvalue weighted by Gasteiger charge is -2.19. The highest BCUT2D eigenvalue weighted by Crippen LogP contribution is 2.23. The van der Waals surface area contributed by atoms with Crippen molar-refractivity contribution >= 4 is 28.9 Å². The molecule has 0 saturated carbocycles. The van der Waals surface area contributed by atoms with Gasteiger partial charge in [-0.2, -0.15) is 5.26 Å². The van der Waals surface area contributed by atoms with Crippen molar-refractivity contribution in [1.82, 2.24) is 10.3 Å². The second kappa shape index (κ2) is 7.18. The van der Waals surface area contributed by atoms with Gasteiger partial charge in [-0.05, 0) is 30.2 Å². The first kappa shape index (κ1) is 16.1. The van der Waals surface area contributed by atoms with Crippen molar-refractivity contribution in [3.63, 3.8) is 0 Å². The molecular formula is C17H16Cl2N4. The fraction of sp³-hybridized carbons (Fsp3) is 0.294. The molecule has 3 rings (SSSR count). The summed E-state index contributed by atoms with van der Waals surface area (Å²) < 4.78 is 0. The summed E-state index contributed by atoms with van der Waals surface area (Å²) in [6.45, 7) is 2.55. The summed E-state index contributed by atoms with van der Waals surface area (Å²) >= 11 is 12.1. The van der Waals surface area contributed by atoms with E-state index >= 15 is 0 Å². The number of nitriles is 1. The smallest absolute Gasteiger partial charge is 0.101 e. The Morgan fingerprint density at radius 3 is 2.96 bits per heavy atom. The van der Waals surface area contributed by atoms with Gasteiger partial charge >= 0.3 is 0 Å². The van der Waals surface area contributed by atoms with Gasteiger partial charge in [0, 0.05) is 41.9 Å². The minimum Gasteiger partial charge on any atom is -0.369 e. The van der Waals surface area contributed by atoms with Gasteiger partial charge in [-0.1, -0.05) is 29.3 Å². The molecule has 1 aromatic heterocycles. The van der Waals surface area contributed by atoms with Crippen LogP contribution in [0.15, 0.2) is 36.7 Å². The van der Waals surface area contributed by atoms with E-state index in [1.54, 1.807) is 18.5 Å². The molecule has 1 aromatic carbocycles. The fourth-order valence-electron chi connectivity index (χ4n) is 2.74. The molecule has 0 aliphatic carbocycles. The van der Waals surface area contributed by atoms with E-state index in [1.165, 1.54) is 0 Å². The number of pyridine rings is 1. The predicted octanol–water partition coefficient (Wildman–Crippen LogP) is 3.63. The van der Waals surface area contributed by atoms with Gasteiger partial charge in [0.15, 0.2) is 0 Å². The van der Waals surface area contributed by atoms with Crippen LogP contribution in [0.3, 0.4) is 0 Å². The zero-order chi connectivity index (χ0) is 16.2. The zero-order valence-electron chi connectivity index (χ0n) is 12.5. The Balaban J connectivity index is 1.58. The van der Waals surface area contributed by atoms with E-state index in [0.29, 0.717) is 28.2 Å². The Labute approximate surface area is 145 Å². The van der Waals surface area contributed by atoms with Gasteiger partial charge < -0.3 is 10.2 Å². The summed E-state index contributed by atoms with van der Waals surface area (Å²) in [5.74, 6) is 0. The van der Waals surface area contributed by atoms with Crippen LogP contribution in [-0.2, 0) is 6.54 Å². The topological polar surface area (TPSA) is 52.0 Å². The third-order valence-corrected chi connectivity index (χ3v) is 4.59. The van der Waals surface area contributed by atoms with E-state index in [1.807, 2.05) is 18.2 Å². The summed E-state index contributed by atoms with van der Waals surface area (Å²) in [6.07, 6.45) is 4.43. The van der Waals surface area contributed by atoms with Crippen molar-refractivity contribution in [2.45, 2.75) is 19.0 Å². The molecule has 0 spiro atoms. The minimum absolute atomic E-state index is 0.382. The summed E-state index contributed by atoms with van der Waals surface area (Å²) in [5, 5.41) is 13.8. The highest BCUT2D eigenvalue weighted by molar-refractivity contribution is 6.35. The highest BCUT2D eigenvalue weighted by Gasteiger charge is 2.22. The number of nitrogens with one attached hydrogen (secondary N) is 1. The molecule has 118 valence electrons. The van der Waals surface area contributed by atoms with Crippen molar-refractivity contribution in [3.05, 3.63) is 57.8 Å². The predicted molar refractivity (Wildman–Crippen MR) is 92.9 cm³/mol. The van der Waals surface area contributed by atoms with Crippen molar-refractivity contribution in [2.75, 3.05) is 18.0 Å². The van der Waals surface area contributed by atoms with Crippen LogP contribution in [0.1, 0.15) is 17.5 Å². The Hall–Kier alpha value is -1.80. The van der Waals surface area contributed by atoms with E-state index in [2.05, 4.69) is 21.3 Å². The van der Waals surface area contributed by atoms with Crippen molar-refractivity contribution in [1.29, 1.82) is 5.26 Å². The Bertz CT molecular complexity index is 742. The maximum atomic E-state index is 8.97. The molecule has 2 aromatic rings. The molecule has 1 aliphatic heterocycles. The monoisotopic (exact) mass is 346 g/mol. The van der Waals surface area contributed by atoms with Crippen molar-refractivity contribution < 1.29 is 0 Å². The van der Waals surface area contributed by atoms with E-state index < -0.39 is 0 Å². The first-order valence-electron chi connectivity index (χ1n) is 7.43. The normalized spacial score (nSPS) is 17.3. The molecule has 1 aliphatic rings. The summed E-state index contributed by atoms with van der Waals surface area (Å²) in [6, 6.07) is 9.96. The standard InChI is InChI=1S/C17H16Cl2N4/c18-14-2-1-13(17(19)6-14)9-22-15-3-4-23(11-15)16-5-12(7-20)8-21-10-16/h1-2,5-6,8,10,15,22H,3-4,9,11H2. The third-order valence-electron chi connectivity index (χ3n) is 4.00. The van der Waals surface area contributed by atoms with Gasteiger partial charge in [0.05, 0.1) is 17.4 Å². The SMILES string of the molecule is N#Cc1cncc(N2CCC(NCc3ccc(Cl)cc3Cl)C2)c1. The van der Waals surface area contributed by atoms with Gasteiger partial charge in [-0.3, -0.25) is 4.98 Å². The van der Waals surface area contributed by atoms with Gasteiger partial charge in [0.25, 0.3) is 0 Å². The van der Waals surface area contributed by atoms with Crippen LogP contribution in [0, 0.1) is 11.3 Å². The average Bonchev–Trinajstić information content (AvgIpc) is 3.03. The summed E-state index contributed by atoms with van der Waals surface area (Å²) in [7, 11) is 0. The van der Waals surface area contributed by atoms with Crippen LogP contribution in [0.25, 0.3) is 0 Å². The molecule has 1 fully saturated rings. The number of nitrogens with zero attached hydrogens (tertiary/aromatic N) is 3. The molecule has 0 bridgehead atoms. The number of halogens is 2. The molecule has 1 unspecified atom stereocenters. The first-order valence-corrected chi connectivity index (χ1v) is 8.18. The molecular weight excluding hydrogens is 331 g/mol. The molecule has 1 atom stereocenters. The Kier molecular flexibility index (Phi) is 5.02. The van der Waals surface area contributed by atoms with Gasteiger partial charge in [0.2, 0.25) is 0 Å². The van der Waals surface area contributed by atoms with Crippen LogP contribution in [0.2, 0.25) is 10.0 Å². The average molecular weight is 347 g/mol. The third kappa shape index (κ3) is 3.94. The van der Waals surface area contributed by atoms with E-state index in [0.717, 1.165) is 30.8 Å². The largest absolute Gasteiger partial charge is 0.369 e. The van der Waals surface area contributed by atoms with Crippen LogP contribution in [0.5, 0.6) is 0 Å². The van der Waals surface area contributed by atoms with E-state index in [9.17, 15) is 0 Å². The lowest BCUT2D eigenvalue weighted by Crippen LogP contribution is -2.32. The summed E-state index contributed by atoms with van der Waals surface area (Å²) in [4.78, 5) is 6.37. The number of hydrogen-bond acceptors (Lipinski definition) is 4. The quantitative estimate of drug-likeness (QED) is 0.918. The maximum absolute atomic E-state index is 8.97. The van der Waals surface area contributed by atoms with Crippen molar-refractivity contribution in [2.24, 2.45) is 0 Å². The van der Waals surface area contributed by atoms with E-state index in [4.69, 9.17) is 28.5 Å². The van der Waals surface area contributed by atoms with Crippen LogP contribution < -0.4 is 10.2 Å². The second-order valence-electron chi connectivity index (χ2n) is 5.59. The summed E-state index contributed by atoms with van der Waals surface area (Å²) in [5.41, 5.74) is 2.63.